The molecule has 5 heteroatoms. The molecule has 1 atom stereocenters. The number of aliphatic hydroxyl groups excluding tert-OH is 1. The molecule has 1 rings (SSSR count). The third kappa shape index (κ3) is 4.82. The van der Waals surface area contributed by atoms with E-state index in [-0.39, 0.29) is 18.6 Å². The highest BCUT2D eigenvalue weighted by Gasteiger charge is 2.19. The van der Waals surface area contributed by atoms with Crippen molar-refractivity contribution < 1.29 is 9.90 Å². The van der Waals surface area contributed by atoms with E-state index < -0.39 is 0 Å². The summed E-state index contributed by atoms with van der Waals surface area (Å²) < 4.78 is 0. The van der Waals surface area contributed by atoms with Crippen molar-refractivity contribution in [3.63, 3.8) is 0 Å². The minimum absolute atomic E-state index is 0.0516. The topological polar surface area (TPSA) is 52.6 Å². The first-order chi connectivity index (χ1) is 9.10. The second kappa shape index (κ2) is 8.15. The second-order valence-corrected chi connectivity index (χ2v) is 4.74. The predicted molar refractivity (Wildman–Crippen MR) is 77.1 cm³/mol. The Morgan fingerprint density at radius 2 is 2.16 bits per heavy atom. The average Bonchev–Trinajstić information content (AvgIpc) is 2.42. The van der Waals surface area contributed by atoms with Crippen molar-refractivity contribution in [1.29, 1.82) is 0 Å². The summed E-state index contributed by atoms with van der Waals surface area (Å²) >= 11 is 6.03. The molecule has 0 spiro atoms. The highest BCUT2D eigenvalue weighted by molar-refractivity contribution is 6.31. The first kappa shape index (κ1) is 16.0. The third-order valence-electron chi connectivity index (χ3n) is 3.13. The molecule has 4 nitrogen and oxygen atoms in total. The molecule has 0 saturated heterocycles. The van der Waals surface area contributed by atoms with Gasteiger partial charge >= 0.3 is 0 Å². The molecule has 0 aromatic heterocycles. The van der Waals surface area contributed by atoms with Crippen LogP contribution in [0.2, 0.25) is 5.02 Å². The van der Waals surface area contributed by atoms with Crippen LogP contribution in [0, 0.1) is 0 Å². The quantitative estimate of drug-likeness (QED) is 0.801. The van der Waals surface area contributed by atoms with E-state index in [1.54, 1.807) is 6.07 Å². The van der Waals surface area contributed by atoms with E-state index in [2.05, 4.69) is 5.32 Å². The Bertz CT molecular complexity index is 412. The fraction of sp³-hybridized carbons (Fsp3) is 0.500. The molecule has 0 heterocycles. The molecule has 0 saturated carbocycles. The van der Waals surface area contributed by atoms with Gasteiger partial charge in [0.05, 0.1) is 12.6 Å². The number of benzene rings is 1. The summed E-state index contributed by atoms with van der Waals surface area (Å²) in [5, 5.41) is 12.5. The zero-order valence-corrected chi connectivity index (χ0v) is 12.2. The van der Waals surface area contributed by atoms with Gasteiger partial charge in [0.15, 0.2) is 0 Å². The lowest BCUT2D eigenvalue weighted by molar-refractivity contribution is -0.126. The number of hydrogen-bond donors (Lipinski definition) is 2. The van der Waals surface area contributed by atoms with E-state index in [9.17, 15) is 4.79 Å². The maximum atomic E-state index is 12.0. The van der Waals surface area contributed by atoms with Gasteiger partial charge in [-0.15, -0.1) is 0 Å². The van der Waals surface area contributed by atoms with E-state index in [1.807, 2.05) is 36.9 Å². The van der Waals surface area contributed by atoms with Crippen molar-refractivity contribution in [2.24, 2.45) is 0 Å². The average molecular weight is 285 g/mol. The molecule has 106 valence electrons. The van der Waals surface area contributed by atoms with Crippen molar-refractivity contribution in [3.05, 3.63) is 34.9 Å². The second-order valence-electron chi connectivity index (χ2n) is 4.34. The molecule has 0 radical (unpaired) electrons. The summed E-state index contributed by atoms with van der Waals surface area (Å²) in [6, 6.07) is 7.17. The lowest BCUT2D eigenvalue weighted by atomic mass is 10.2. The van der Waals surface area contributed by atoms with Crippen molar-refractivity contribution in [1.82, 2.24) is 10.2 Å². The summed E-state index contributed by atoms with van der Waals surface area (Å²) in [4.78, 5) is 13.9. The Labute approximate surface area is 119 Å². The number of nitrogens with zero attached hydrogens (tertiary/aromatic N) is 1. The predicted octanol–water partition coefficient (Wildman–Crippen LogP) is 1.66. The van der Waals surface area contributed by atoms with E-state index >= 15 is 0 Å². The molecule has 0 aliphatic heterocycles. The summed E-state index contributed by atoms with van der Waals surface area (Å²) in [6.45, 7) is 5.49. The summed E-state index contributed by atoms with van der Waals surface area (Å²) in [5.74, 6) is -0.0600. The fourth-order valence-corrected chi connectivity index (χ4v) is 2.09. The summed E-state index contributed by atoms with van der Waals surface area (Å²) in [5.41, 5.74) is 0.898. The van der Waals surface area contributed by atoms with Crippen LogP contribution in [0.1, 0.15) is 19.4 Å². The molecule has 0 bridgehead atoms. The van der Waals surface area contributed by atoms with Gasteiger partial charge in [-0.25, -0.2) is 0 Å². The smallest absolute Gasteiger partial charge is 0.237 e. The van der Waals surface area contributed by atoms with Gasteiger partial charge in [0, 0.05) is 18.1 Å². The fourth-order valence-electron chi connectivity index (χ4n) is 1.89. The number of nitrogens with one attached hydrogen (secondary N) is 1. The van der Waals surface area contributed by atoms with Crippen LogP contribution in [0.5, 0.6) is 0 Å². The monoisotopic (exact) mass is 284 g/mol. The minimum atomic E-state index is -0.264. The molecular formula is C14H21ClN2O2. The van der Waals surface area contributed by atoms with Gasteiger partial charge in [0.1, 0.15) is 0 Å². The first-order valence-electron chi connectivity index (χ1n) is 6.46. The molecule has 2 N–H and O–H groups in total. The third-order valence-corrected chi connectivity index (χ3v) is 3.50. The molecule has 1 unspecified atom stereocenters. The molecular weight excluding hydrogens is 264 g/mol. The number of likely N-dealkylation sites (N-methyl/N-ethyl adjacent to an activating group) is 1. The molecule has 1 aromatic carbocycles. The Balaban J connectivity index is 2.53. The maximum absolute atomic E-state index is 12.0. The van der Waals surface area contributed by atoms with Crippen LogP contribution in [-0.4, -0.2) is 41.7 Å². The lowest BCUT2D eigenvalue weighted by Gasteiger charge is -2.26. The number of carbonyl (C=O) groups is 1. The highest BCUT2D eigenvalue weighted by atomic mass is 35.5. The lowest BCUT2D eigenvalue weighted by Crippen LogP contribution is -2.45. The van der Waals surface area contributed by atoms with E-state index in [1.165, 1.54) is 0 Å². The molecule has 1 aromatic rings. The zero-order chi connectivity index (χ0) is 14.3. The number of aliphatic hydroxyl groups is 1. The highest BCUT2D eigenvalue weighted by Crippen LogP contribution is 2.14. The van der Waals surface area contributed by atoms with Gasteiger partial charge in [-0.3, -0.25) is 9.69 Å². The van der Waals surface area contributed by atoms with Crippen LogP contribution < -0.4 is 5.32 Å². The zero-order valence-electron chi connectivity index (χ0n) is 11.4. The van der Waals surface area contributed by atoms with Crippen molar-refractivity contribution in [3.8, 4) is 0 Å². The van der Waals surface area contributed by atoms with E-state index in [0.717, 1.165) is 12.1 Å². The number of amides is 1. The van der Waals surface area contributed by atoms with Gasteiger partial charge in [-0.1, -0.05) is 36.7 Å². The van der Waals surface area contributed by atoms with Crippen LogP contribution in [-0.2, 0) is 11.3 Å². The number of rotatable bonds is 7. The van der Waals surface area contributed by atoms with Crippen LogP contribution in [0.3, 0.4) is 0 Å². The van der Waals surface area contributed by atoms with E-state index in [4.69, 9.17) is 16.7 Å². The maximum Gasteiger partial charge on any atom is 0.237 e. The number of carbonyl (C=O) groups excluding carboxylic acids is 1. The van der Waals surface area contributed by atoms with Crippen molar-refractivity contribution in [2.75, 3.05) is 19.7 Å². The first-order valence-corrected chi connectivity index (χ1v) is 6.84. The Morgan fingerprint density at radius 3 is 2.74 bits per heavy atom. The molecule has 0 aliphatic rings. The van der Waals surface area contributed by atoms with Gasteiger partial charge in [-0.05, 0) is 25.1 Å². The van der Waals surface area contributed by atoms with Gasteiger partial charge < -0.3 is 10.4 Å². The Morgan fingerprint density at radius 1 is 1.47 bits per heavy atom. The SMILES string of the molecule is CCN(CCO)C(C)C(=O)NCc1ccccc1Cl. The van der Waals surface area contributed by atoms with Gasteiger partial charge in [-0.2, -0.15) is 0 Å². The van der Waals surface area contributed by atoms with Crippen LogP contribution in [0.25, 0.3) is 0 Å². The normalized spacial score (nSPS) is 12.5. The van der Waals surface area contributed by atoms with Gasteiger partial charge in [0.25, 0.3) is 0 Å². The minimum Gasteiger partial charge on any atom is -0.395 e. The van der Waals surface area contributed by atoms with Crippen LogP contribution in [0.4, 0.5) is 0 Å². The van der Waals surface area contributed by atoms with Crippen molar-refractivity contribution >= 4 is 17.5 Å². The molecule has 0 aliphatic carbocycles. The largest absolute Gasteiger partial charge is 0.395 e. The van der Waals surface area contributed by atoms with Crippen LogP contribution in [0.15, 0.2) is 24.3 Å². The number of hydrogen-bond acceptors (Lipinski definition) is 3. The van der Waals surface area contributed by atoms with E-state index in [0.29, 0.717) is 18.1 Å². The number of halogens is 1. The van der Waals surface area contributed by atoms with Crippen LogP contribution >= 0.6 is 11.6 Å². The standard InChI is InChI=1S/C14H21ClN2O2/c1-3-17(8-9-18)11(2)14(19)16-10-12-6-4-5-7-13(12)15/h4-7,11,18H,3,8-10H2,1-2H3,(H,16,19). The molecule has 19 heavy (non-hydrogen) atoms. The molecule has 1 amide bonds. The van der Waals surface area contributed by atoms with Crippen molar-refractivity contribution in [2.45, 2.75) is 26.4 Å². The summed E-state index contributed by atoms with van der Waals surface area (Å²) in [6.07, 6.45) is 0. The molecule has 0 fully saturated rings. The summed E-state index contributed by atoms with van der Waals surface area (Å²) in [7, 11) is 0. The van der Waals surface area contributed by atoms with Gasteiger partial charge in [0.2, 0.25) is 5.91 Å². The Hall–Kier alpha value is -1.10. The Kier molecular flexibility index (Phi) is 6.84.